The summed E-state index contributed by atoms with van der Waals surface area (Å²) >= 11 is 1.95. The smallest absolute Gasteiger partial charge is 0.0117 e. The molecule has 1 saturated heterocycles. The second-order valence-corrected chi connectivity index (χ2v) is 5.60. The highest BCUT2D eigenvalue weighted by molar-refractivity contribution is 7.99. The number of hydrogen-bond donors (Lipinski definition) is 1. The van der Waals surface area contributed by atoms with Crippen LogP contribution in [0.3, 0.4) is 0 Å². The van der Waals surface area contributed by atoms with E-state index in [1.165, 1.54) is 25.3 Å². The number of likely N-dealkylation sites (tertiary alicyclic amines) is 1. The molecule has 1 N–H and O–H groups in total. The van der Waals surface area contributed by atoms with Gasteiger partial charge in [0.2, 0.25) is 0 Å². The summed E-state index contributed by atoms with van der Waals surface area (Å²) in [5.41, 5.74) is 0. The zero-order valence-corrected chi connectivity index (χ0v) is 10.9. The van der Waals surface area contributed by atoms with Crippen molar-refractivity contribution in [1.29, 1.82) is 0 Å². The highest BCUT2D eigenvalue weighted by Crippen LogP contribution is 2.15. The minimum absolute atomic E-state index is 0.727. The van der Waals surface area contributed by atoms with Crippen molar-refractivity contribution >= 4 is 11.8 Å². The van der Waals surface area contributed by atoms with E-state index < -0.39 is 0 Å². The standard InChI is InChI=1S/C12H24N2S/c1-4-8-15-9-6-13-12-5-7-14(3)10-11(12)2/h4,11-13H,1,5-10H2,2-3H3. The Balaban J connectivity index is 2.07. The quantitative estimate of drug-likeness (QED) is 0.551. The third kappa shape index (κ3) is 5.05. The average Bonchev–Trinajstić information content (AvgIpc) is 2.20. The predicted molar refractivity (Wildman–Crippen MR) is 70.6 cm³/mol. The maximum absolute atomic E-state index is 3.72. The lowest BCUT2D eigenvalue weighted by molar-refractivity contribution is 0.177. The van der Waals surface area contributed by atoms with E-state index in [2.05, 4.69) is 30.8 Å². The summed E-state index contributed by atoms with van der Waals surface area (Å²) in [7, 11) is 2.21. The zero-order chi connectivity index (χ0) is 11.1. The fourth-order valence-electron chi connectivity index (χ4n) is 2.14. The predicted octanol–water partition coefficient (Wildman–Crippen LogP) is 1.84. The molecule has 15 heavy (non-hydrogen) atoms. The summed E-state index contributed by atoms with van der Waals surface area (Å²) in [5, 5.41) is 3.67. The Morgan fingerprint density at radius 3 is 3.07 bits per heavy atom. The first-order valence-electron chi connectivity index (χ1n) is 5.84. The molecule has 0 bridgehead atoms. The van der Waals surface area contributed by atoms with E-state index in [1.807, 2.05) is 17.8 Å². The Morgan fingerprint density at radius 2 is 2.40 bits per heavy atom. The molecule has 3 heteroatoms. The normalized spacial score (nSPS) is 27.9. The van der Waals surface area contributed by atoms with Crippen LogP contribution in [0, 0.1) is 5.92 Å². The zero-order valence-electron chi connectivity index (χ0n) is 10.0. The summed E-state index contributed by atoms with van der Waals surface area (Å²) in [6.45, 7) is 9.68. The second kappa shape index (κ2) is 7.31. The largest absolute Gasteiger partial charge is 0.313 e. The molecular formula is C12H24N2S. The third-order valence-electron chi connectivity index (χ3n) is 3.00. The molecule has 1 rings (SSSR count). The van der Waals surface area contributed by atoms with Gasteiger partial charge in [-0.25, -0.2) is 0 Å². The molecule has 0 saturated carbocycles. The molecule has 2 unspecified atom stereocenters. The van der Waals surface area contributed by atoms with Crippen LogP contribution < -0.4 is 5.32 Å². The molecule has 1 aliphatic rings. The average molecular weight is 228 g/mol. The van der Waals surface area contributed by atoms with E-state index in [1.54, 1.807) is 0 Å². The third-order valence-corrected chi connectivity index (χ3v) is 3.96. The first-order chi connectivity index (χ1) is 7.24. The summed E-state index contributed by atoms with van der Waals surface area (Å²) in [6, 6.07) is 0.727. The van der Waals surface area contributed by atoms with Crippen molar-refractivity contribution < 1.29 is 0 Å². The van der Waals surface area contributed by atoms with E-state index in [9.17, 15) is 0 Å². The van der Waals surface area contributed by atoms with Crippen LogP contribution in [0.1, 0.15) is 13.3 Å². The molecule has 2 nitrogen and oxygen atoms in total. The maximum atomic E-state index is 3.72. The summed E-state index contributed by atoms with van der Waals surface area (Å²) in [6.07, 6.45) is 3.27. The minimum atomic E-state index is 0.727. The lowest BCUT2D eigenvalue weighted by Crippen LogP contribution is -2.47. The van der Waals surface area contributed by atoms with Crippen molar-refractivity contribution in [3.05, 3.63) is 12.7 Å². The van der Waals surface area contributed by atoms with Crippen molar-refractivity contribution in [3.8, 4) is 0 Å². The first-order valence-corrected chi connectivity index (χ1v) is 7.00. The summed E-state index contributed by atoms with van der Waals surface area (Å²) in [4.78, 5) is 2.43. The topological polar surface area (TPSA) is 15.3 Å². The van der Waals surface area contributed by atoms with Crippen LogP contribution >= 0.6 is 11.8 Å². The lowest BCUT2D eigenvalue weighted by atomic mass is 9.94. The SMILES string of the molecule is C=CCSCCNC1CCN(C)CC1C. The Bertz CT molecular complexity index is 184. The molecule has 0 aliphatic carbocycles. The van der Waals surface area contributed by atoms with Gasteiger partial charge in [-0.15, -0.1) is 6.58 Å². The lowest BCUT2D eigenvalue weighted by Gasteiger charge is -2.35. The Morgan fingerprint density at radius 1 is 1.60 bits per heavy atom. The number of nitrogens with zero attached hydrogens (tertiary/aromatic N) is 1. The molecule has 0 aromatic rings. The molecule has 0 spiro atoms. The molecule has 0 amide bonds. The van der Waals surface area contributed by atoms with Gasteiger partial charge in [0.15, 0.2) is 0 Å². The molecule has 1 fully saturated rings. The van der Waals surface area contributed by atoms with E-state index in [0.29, 0.717) is 0 Å². The Kier molecular flexibility index (Phi) is 6.37. The molecule has 88 valence electrons. The molecule has 0 radical (unpaired) electrons. The van der Waals surface area contributed by atoms with Crippen LogP contribution in [0.15, 0.2) is 12.7 Å². The van der Waals surface area contributed by atoms with Crippen LogP contribution in [0.5, 0.6) is 0 Å². The second-order valence-electron chi connectivity index (χ2n) is 4.45. The molecular weight excluding hydrogens is 204 g/mol. The Hall–Kier alpha value is 0.01000. The van der Waals surface area contributed by atoms with Gasteiger partial charge in [-0.3, -0.25) is 0 Å². The summed E-state index contributed by atoms with van der Waals surface area (Å²) < 4.78 is 0. The van der Waals surface area contributed by atoms with E-state index >= 15 is 0 Å². The van der Waals surface area contributed by atoms with E-state index in [4.69, 9.17) is 0 Å². The fourth-order valence-corrected chi connectivity index (χ4v) is 2.74. The number of piperidine rings is 1. The minimum Gasteiger partial charge on any atom is -0.313 e. The van der Waals surface area contributed by atoms with Gasteiger partial charge in [-0.05, 0) is 25.9 Å². The van der Waals surface area contributed by atoms with Crippen molar-refractivity contribution in [2.75, 3.05) is 38.2 Å². The van der Waals surface area contributed by atoms with Crippen molar-refractivity contribution in [1.82, 2.24) is 10.2 Å². The van der Waals surface area contributed by atoms with Gasteiger partial charge in [0.05, 0.1) is 0 Å². The number of nitrogens with one attached hydrogen (secondary N) is 1. The van der Waals surface area contributed by atoms with Gasteiger partial charge in [-0.2, -0.15) is 11.8 Å². The van der Waals surface area contributed by atoms with Crippen molar-refractivity contribution in [2.24, 2.45) is 5.92 Å². The monoisotopic (exact) mass is 228 g/mol. The van der Waals surface area contributed by atoms with Crippen LogP contribution in [0.25, 0.3) is 0 Å². The molecule has 2 atom stereocenters. The van der Waals surface area contributed by atoms with Crippen LogP contribution in [-0.2, 0) is 0 Å². The number of rotatable bonds is 6. The fraction of sp³-hybridized carbons (Fsp3) is 0.833. The molecule has 0 aromatic carbocycles. The van der Waals surface area contributed by atoms with Gasteiger partial charge in [-0.1, -0.05) is 13.0 Å². The van der Waals surface area contributed by atoms with Gasteiger partial charge < -0.3 is 10.2 Å². The van der Waals surface area contributed by atoms with Crippen LogP contribution in [-0.4, -0.2) is 49.1 Å². The molecule has 1 aliphatic heterocycles. The first kappa shape index (κ1) is 13.1. The number of hydrogen-bond acceptors (Lipinski definition) is 3. The van der Waals surface area contributed by atoms with Crippen molar-refractivity contribution in [2.45, 2.75) is 19.4 Å². The van der Waals surface area contributed by atoms with Crippen LogP contribution in [0.4, 0.5) is 0 Å². The highest BCUT2D eigenvalue weighted by Gasteiger charge is 2.22. The van der Waals surface area contributed by atoms with Crippen molar-refractivity contribution in [3.63, 3.8) is 0 Å². The molecule has 1 heterocycles. The number of thioether (sulfide) groups is 1. The van der Waals surface area contributed by atoms with Gasteiger partial charge >= 0.3 is 0 Å². The van der Waals surface area contributed by atoms with Gasteiger partial charge in [0.25, 0.3) is 0 Å². The van der Waals surface area contributed by atoms with E-state index in [-0.39, 0.29) is 0 Å². The highest BCUT2D eigenvalue weighted by atomic mass is 32.2. The van der Waals surface area contributed by atoms with Gasteiger partial charge in [0.1, 0.15) is 0 Å². The van der Waals surface area contributed by atoms with E-state index in [0.717, 1.165) is 24.3 Å². The Labute approximate surface area is 98.5 Å². The van der Waals surface area contributed by atoms with Gasteiger partial charge in [0, 0.05) is 30.6 Å². The van der Waals surface area contributed by atoms with Crippen LogP contribution in [0.2, 0.25) is 0 Å². The summed E-state index contributed by atoms with van der Waals surface area (Å²) in [5.74, 6) is 3.06. The maximum Gasteiger partial charge on any atom is 0.0117 e. The molecule has 0 aromatic heterocycles.